The Hall–Kier alpha value is -3.21. The van der Waals surface area contributed by atoms with Crippen LogP contribution in [0, 0.1) is 6.92 Å². The van der Waals surface area contributed by atoms with Gasteiger partial charge in [0.25, 0.3) is 5.78 Å². The van der Waals surface area contributed by atoms with E-state index in [0.717, 1.165) is 22.6 Å². The van der Waals surface area contributed by atoms with Gasteiger partial charge < -0.3 is 4.74 Å². The lowest BCUT2D eigenvalue weighted by atomic mass is 10.1. The lowest BCUT2D eigenvalue weighted by Gasteiger charge is -2.08. The van der Waals surface area contributed by atoms with E-state index in [2.05, 4.69) is 27.2 Å². The van der Waals surface area contributed by atoms with E-state index in [1.165, 1.54) is 0 Å². The van der Waals surface area contributed by atoms with Crippen LogP contribution in [0.5, 0.6) is 5.75 Å². The van der Waals surface area contributed by atoms with Crippen LogP contribution in [0.15, 0.2) is 66.9 Å². The molecular weight excluding hydrogens is 300 g/mol. The average molecular weight is 316 g/mol. The summed E-state index contributed by atoms with van der Waals surface area (Å²) in [5.74, 6) is 2.15. The summed E-state index contributed by atoms with van der Waals surface area (Å²) >= 11 is 0. The zero-order valence-corrected chi connectivity index (χ0v) is 13.3. The van der Waals surface area contributed by atoms with Gasteiger partial charge in [0.2, 0.25) is 0 Å². The van der Waals surface area contributed by atoms with Gasteiger partial charge in [0.05, 0.1) is 5.69 Å². The second kappa shape index (κ2) is 6.12. The van der Waals surface area contributed by atoms with Crippen LogP contribution in [0.4, 0.5) is 0 Å². The van der Waals surface area contributed by atoms with Crippen LogP contribution < -0.4 is 4.74 Å². The number of hydrogen-bond donors (Lipinski definition) is 0. The van der Waals surface area contributed by atoms with Gasteiger partial charge in [-0.05, 0) is 42.8 Å². The molecule has 0 atom stereocenters. The van der Waals surface area contributed by atoms with Crippen molar-refractivity contribution in [2.24, 2.45) is 0 Å². The Morgan fingerprint density at radius 2 is 1.75 bits per heavy atom. The molecule has 0 aliphatic heterocycles. The summed E-state index contributed by atoms with van der Waals surface area (Å²) in [6.45, 7) is 2.42. The summed E-state index contributed by atoms with van der Waals surface area (Å²) in [7, 11) is 0. The van der Waals surface area contributed by atoms with Crippen LogP contribution in [0.25, 0.3) is 17.0 Å². The Bertz CT molecular complexity index is 962. The molecule has 0 amide bonds. The molecule has 0 radical (unpaired) electrons. The number of hydrogen-bond acceptors (Lipinski definition) is 4. The summed E-state index contributed by atoms with van der Waals surface area (Å²) in [5.41, 5.74) is 3.14. The summed E-state index contributed by atoms with van der Waals surface area (Å²) in [6, 6.07) is 20.0. The van der Waals surface area contributed by atoms with E-state index in [0.29, 0.717) is 18.2 Å². The Morgan fingerprint density at radius 3 is 2.54 bits per heavy atom. The molecule has 24 heavy (non-hydrogen) atoms. The average Bonchev–Trinajstić information content (AvgIpc) is 3.01. The van der Waals surface area contributed by atoms with E-state index in [9.17, 15) is 0 Å². The maximum absolute atomic E-state index is 5.83. The number of aryl methyl sites for hydroxylation is 1. The van der Waals surface area contributed by atoms with Gasteiger partial charge in [0.1, 0.15) is 18.2 Å². The number of fused-ring (bicyclic) bond motifs is 1. The van der Waals surface area contributed by atoms with E-state index < -0.39 is 0 Å². The summed E-state index contributed by atoms with van der Waals surface area (Å²) in [6.07, 6.45) is 1.75. The molecule has 0 unspecified atom stereocenters. The van der Waals surface area contributed by atoms with Gasteiger partial charge in [-0.25, -0.2) is 4.98 Å². The molecule has 0 N–H and O–H groups in total. The molecule has 4 rings (SSSR count). The monoisotopic (exact) mass is 316 g/mol. The minimum absolute atomic E-state index is 0.557. The summed E-state index contributed by atoms with van der Waals surface area (Å²) in [5, 5.41) is 4.40. The molecule has 5 nitrogen and oxygen atoms in total. The minimum Gasteiger partial charge on any atom is -0.489 e. The highest BCUT2D eigenvalue weighted by atomic mass is 16.5. The van der Waals surface area contributed by atoms with Crippen LogP contribution in [0.2, 0.25) is 0 Å². The van der Waals surface area contributed by atoms with Gasteiger partial charge in [-0.3, -0.25) is 0 Å². The first-order valence-corrected chi connectivity index (χ1v) is 7.75. The highest BCUT2D eigenvalue weighted by Crippen LogP contribution is 2.22. The Labute approximate surface area is 139 Å². The third kappa shape index (κ3) is 2.84. The maximum atomic E-state index is 5.83. The smallest absolute Gasteiger partial charge is 0.252 e. The molecule has 0 aliphatic carbocycles. The first-order chi connectivity index (χ1) is 11.8. The van der Waals surface area contributed by atoms with E-state index in [1.807, 2.05) is 55.5 Å². The quantitative estimate of drug-likeness (QED) is 0.576. The van der Waals surface area contributed by atoms with Gasteiger partial charge in [0, 0.05) is 11.8 Å². The fraction of sp³-hybridized carbons (Fsp3) is 0.105. The molecule has 2 heterocycles. The highest BCUT2D eigenvalue weighted by molar-refractivity contribution is 5.62. The highest BCUT2D eigenvalue weighted by Gasteiger charge is 2.08. The molecule has 0 aliphatic rings. The first kappa shape index (κ1) is 14.4. The molecule has 2 aromatic carbocycles. The van der Waals surface area contributed by atoms with E-state index in [4.69, 9.17) is 4.74 Å². The molecular formula is C19H16N4O. The molecule has 0 bridgehead atoms. The number of ether oxygens (including phenoxy) is 1. The molecule has 118 valence electrons. The van der Waals surface area contributed by atoms with Crippen LogP contribution in [-0.4, -0.2) is 19.6 Å². The second-order valence-electron chi connectivity index (χ2n) is 5.50. The zero-order chi connectivity index (χ0) is 16.4. The van der Waals surface area contributed by atoms with Crippen molar-refractivity contribution in [1.82, 2.24) is 19.6 Å². The SMILES string of the molecule is Cc1nc2nccc(-c3ccc(OCc4ccccc4)cc3)n2n1. The van der Waals surface area contributed by atoms with Gasteiger partial charge in [-0.1, -0.05) is 30.3 Å². The Morgan fingerprint density at radius 1 is 0.958 bits per heavy atom. The fourth-order valence-electron chi connectivity index (χ4n) is 2.58. The normalized spacial score (nSPS) is 10.9. The van der Waals surface area contributed by atoms with Crippen LogP contribution in [0.3, 0.4) is 0 Å². The third-order valence-corrected chi connectivity index (χ3v) is 3.74. The van der Waals surface area contributed by atoms with Crippen molar-refractivity contribution in [2.45, 2.75) is 13.5 Å². The molecule has 4 aromatic rings. The largest absolute Gasteiger partial charge is 0.489 e. The van der Waals surface area contributed by atoms with Crippen molar-refractivity contribution in [3.05, 3.63) is 78.2 Å². The summed E-state index contributed by atoms with van der Waals surface area (Å²) in [4.78, 5) is 8.53. The Balaban J connectivity index is 1.57. The van der Waals surface area contributed by atoms with Crippen molar-refractivity contribution in [3.8, 4) is 17.0 Å². The van der Waals surface area contributed by atoms with Crippen molar-refractivity contribution in [2.75, 3.05) is 0 Å². The van der Waals surface area contributed by atoms with Crippen molar-refractivity contribution in [3.63, 3.8) is 0 Å². The molecule has 5 heteroatoms. The van der Waals surface area contributed by atoms with Gasteiger partial charge in [0.15, 0.2) is 0 Å². The summed E-state index contributed by atoms with van der Waals surface area (Å²) < 4.78 is 7.59. The standard InChI is InChI=1S/C19H16N4O/c1-14-21-19-20-12-11-18(23(19)22-14)16-7-9-17(10-8-16)24-13-15-5-3-2-4-6-15/h2-12H,13H2,1H3. The number of rotatable bonds is 4. The number of aromatic nitrogens is 4. The van der Waals surface area contributed by atoms with Crippen LogP contribution >= 0.6 is 0 Å². The van der Waals surface area contributed by atoms with Gasteiger partial charge >= 0.3 is 0 Å². The lowest BCUT2D eigenvalue weighted by Crippen LogP contribution is -1.97. The van der Waals surface area contributed by atoms with Crippen molar-refractivity contribution in [1.29, 1.82) is 0 Å². The molecule has 0 spiro atoms. The zero-order valence-electron chi connectivity index (χ0n) is 13.3. The predicted molar refractivity (Wildman–Crippen MR) is 91.7 cm³/mol. The minimum atomic E-state index is 0.557. The second-order valence-corrected chi connectivity index (χ2v) is 5.50. The fourth-order valence-corrected chi connectivity index (χ4v) is 2.58. The first-order valence-electron chi connectivity index (χ1n) is 7.75. The van der Waals surface area contributed by atoms with Gasteiger partial charge in [-0.15, -0.1) is 5.10 Å². The van der Waals surface area contributed by atoms with Crippen LogP contribution in [-0.2, 0) is 6.61 Å². The molecule has 0 saturated carbocycles. The maximum Gasteiger partial charge on any atom is 0.252 e. The van der Waals surface area contributed by atoms with Crippen molar-refractivity contribution < 1.29 is 4.74 Å². The Kier molecular flexibility index (Phi) is 3.67. The lowest BCUT2D eigenvalue weighted by molar-refractivity contribution is 0.306. The van der Waals surface area contributed by atoms with Crippen LogP contribution in [0.1, 0.15) is 11.4 Å². The van der Waals surface area contributed by atoms with E-state index in [1.54, 1.807) is 10.7 Å². The predicted octanol–water partition coefficient (Wildman–Crippen LogP) is 3.68. The number of nitrogens with zero attached hydrogens (tertiary/aromatic N) is 4. The molecule has 0 fully saturated rings. The number of benzene rings is 2. The third-order valence-electron chi connectivity index (χ3n) is 3.74. The van der Waals surface area contributed by atoms with Crippen molar-refractivity contribution >= 4 is 5.78 Å². The molecule has 2 aromatic heterocycles. The topological polar surface area (TPSA) is 52.3 Å². The van der Waals surface area contributed by atoms with E-state index >= 15 is 0 Å². The molecule has 0 saturated heterocycles. The van der Waals surface area contributed by atoms with Gasteiger partial charge in [-0.2, -0.15) is 9.50 Å². The van der Waals surface area contributed by atoms with E-state index in [-0.39, 0.29) is 0 Å².